The highest BCUT2D eigenvalue weighted by Gasteiger charge is 2.32. The number of aromatic nitrogens is 2. The number of carbonyl (C=O) groups is 1. The van der Waals surface area contributed by atoms with Gasteiger partial charge in [0.1, 0.15) is 5.69 Å². The molecule has 98 valence electrons. The first-order valence-corrected chi connectivity index (χ1v) is 5.05. The molecule has 18 heavy (non-hydrogen) atoms. The summed E-state index contributed by atoms with van der Waals surface area (Å²) in [6, 6.07) is 3.83. The van der Waals surface area contributed by atoms with Crippen LogP contribution < -0.4 is 0 Å². The number of halogens is 3. The zero-order valence-corrected chi connectivity index (χ0v) is 9.49. The Morgan fingerprint density at radius 2 is 2.11 bits per heavy atom. The highest BCUT2D eigenvalue weighted by Crippen LogP contribution is 2.28. The van der Waals surface area contributed by atoms with E-state index in [4.69, 9.17) is 0 Å². The molecule has 0 aliphatic heterocycles. The molecule has 0 unspecified atom stereocenters. The molecule has 1 N–H and O–H groups in total. The van der Waals surface area contributed by atoms with Crippen LogP contribution >= 0.6 is 0 Å². The lowest BCUT2D eigenvalue weighted by Crippen LogP contribution is -2.07. The molecule has 0 saturated heterocycles. The second-order valence-electron chi connectivity index (χ2n) is 3.16. The summed E-state index contributed by atoms with van der Waals surface area (Å²) in [5.41, 5.74) is 0.0717. The molecule has 0 amide bonds. The van der Waals surface area contributed by atoms with Gasteiger partial charge in [-0.25, -0.2) is 4.98 Å². The fraction of sp³-hybridized carbons (Fsp3) is 0.273. The number of nitrogens with zero attached hydrogens (tertiary/aromatic N) is 1. The van der Waals surface area contributed by atoms with E-state index in [9.17, 15) is 18.0 Å². The van der Waals surface area contributed by atoms with Crippen LogP contribution in [0.3, 0.4) is 0 Å². The maximum absolute atomic E-state index is 12.1. The van der Waals surface area contributed by atoms with Crippen molar-refractivity contribution < 1.29 is 22.7 Å². The van der Waals surface area contributed by atoms with E-state index in [1.165, 1.54) is 12.1 Å². The molecule has 2 aromatic rings. The quantitative estimate of drug-likeness (QED) is 0.845. The SMILES string of the molecule is CCOC=O.FC(F)(F)c1ccc2[nH]ccc2n1. The standard InChI is InChI=1S/C8H5F3N2.C3H6O2/c9-8(10,11)7-2-1-5-6(13-7)3-4-12-5;1-2-5-3-4/h1-4,12H;3H,2H2,1H3. The molecule has 0 saturated carbocycles. The van der Waals surface area contributed by atoms with Crippen molar-refractivity contribution in [1.29, 1.82) is 0 Å². The van der Waals surface area contributed by atoms with Gasteiger partial charge in [-0.1, -0.05) is 0 Å². The fourth-order valence-corrected chi connectivity index (χ4v) is 1.16. The molecule has 7 heteroatoms. The van der Waals surface area contributed by atoms with Crippen molar-refractivity contribution in [2.24, 2.45) is 0 Å². The summed E-state index contributed by atoms with van der Waals surface area (Å²) in [5.74, 6) is 0. The summed E-state index contributed by atoms with van der Waals surface area (Å²) < 4.78 is 40.6. The van der Waals surface area contributed by atoms with Gasteiger partial charge in [0.25, 0.3) is 6.47 Å². The number of pyridine rings is 1. The lowest BCUT2D eigenvalue weighted by molar-refractivity contribution is -0.141. The molecule has 2 heterocycles. The van der Waals surface area contributed by atoms with Gasteiger partial charge in [0.2, 0.25) is 0 Å². The molecular weight excluding hydrogens is 249 g/mol. The van der Waals surface area contributed by atoms with Crippen molar-refractivity contribution in [1.82, 2.24) is 9.97 Å². The number of hydrogen-bond acceptors (Lipinski definition) is 3. The number of nitrogens with one attached hydrogen (secondary N) is 1. The van der Waals surface area contributed by atoms with E-state index >= 15 is 0 Å². The van der Waals surface area contributed by atoms with Crippen LogP contribution in [-0.2, 0) is 15.7 Å². The Bertz CT molecular complexity index is 508. The van der Waals surface area contributed by atoms with Crippen molar-refractivity contribution in [2.45, 2.75) is 13.1 Å². The molecule has 0 spiro atoms. The van der Waals surface area contributed by atoms with Crippen LogP contribution in [0.2, 0.25) is 0 Å². The van der Waals surface area contributed by atoms with Gasteiger partial charge in [-0.15, -0.1) is 0 Å². The molecule has 0 radical (unpaired) electrons. The van der Waals surface area contributed by atoms with Gasteiger partial charge in [0.05, 0.1) is 17.6 Å². The third-order valence-electron chi connectivity index (χ3n) is 1.93. The van der Waals surface area contributed by atoms with E-state index in [-0.39, 0.29) is 0 Å². The first kappa shape index (κ1) is 14.0. The van der Waals surface area contributed by atoms with Crippen LogP contribution in [0.25, 0.3) is 11.0 Å². The van der Waals surface area contributed by atoms with E-state index < -0.39 is 11.9 Å². The van der Waals surface area contributed by atoms with Gasteiger partial charge in [-0.05, 0) is 25.1 Å². The minimum atomic E-state index is -4.37. The third-order valence-corrected chi connectivity index (χ3v) is 1.93. The fourth-order valence-electron chi connectivity index (χ4n) is 1.16. The molecule has 4 nitrogen and oxygen atoms in total. The highest BCUT2D eigenvalue weighted by molar-refractivity contribution is 5.74. The van der Waals surface area contributed by atoms with Crippen LogP contribution in [0.15, 0.2) is 24.4 Å². The van der Waals surface area contributed by atoms with Crippen LogP contribution in [0.5, 0.6) is 0 Å². The lowest BCUT2D eigenvalue weighted by atomic mass is 10.3. The number of rotatable bonds is 2. The maximum atomic E-state index is 12.1. The second-order valence-corrected chi connectivity index (χ2v) is 3.16. The topological polar surface area (TPSA) is 55.0 Å². The van der Waals surface area contributed by atoms with E-state index in [0.29, 0.717) is 24.1 Å². The van der Waals surface area contributed by atoms with E-state index in [1.807, 2.05) is 0 Å². The third kappa shape index (κ3) is 3.76. The van der Waals surface area contributed by atoms with Gasteiger partial charge < -0.3 is 9.72 Å². The molecule has 0 bridgehead atoms. The molecule has 0 atom stereocenters. The summed E-state index contributed by atoms with van der Waals surface area (Å²) in [6.07, 6.45) is -2.82. The highest BCUT2D eigenvalue weighted by atomic mass is 19.4. The largest absolute Gasteiger partial charge is 0.468 e. The summed E-state index contributed by atoms with van der Waals surface area (Å²) in [7, 11) is 0. The molecule has 0 aliphatic rings. The van der Waals surface area contributed by atoms with Crippen LogP contribution in [0.4, 0.5) is 13.2 Å². The molecule has 0 aliphatic carbocycles. The Morgan fingerprint density at radius 3 is 2.61 bits per heavy atom. The Balaban J connectivity index is 0.000000280. The summed E-state index contributed by atoms with van der Waals surface area (Å²) in [6.45, 7) is 2.66. The number of hydrogen-bond donors (Lipinski definition) is 1. The maximum Gasteiger partial charge on any atom is 0.433 e. The van der Waals surface area contributed by atoms with Crippen molar-refractivity contribution in [3.8, 4) is 0 Å². The number of carbonyl (C=O) groups excluding carboxylic acids is 1. The van der Waals surface area contributed by atoms with Crippen LogP contribution in [-0.4, -0.2) is 23.0 Å². The van der Waals surface area contributed by atoms with Gasteiger partial charge in [-0.2, -0.15) is 13.2 Å². The second kappa shape index (κ2) is 6.04. The summed E-state index contributed by atoms with van der Waals surface area (Å²) >= 11 is 0. The van der Waals surface area contributed by atoms with Gasteiger partial charge in [0, 0.05) is 6.20 Å². The van der Waals surface area contributed by atoms with E-state index in [0.717, 1.165) is 6.07 Å². The van der Waals surface area contributed by atoms with Gasteiger partial charge in [0.15, 0.2) is 0 Å². The smallest absolute Gasteiger partial charge is 0.433 e. The number of fused-ring (bicyclic) bond motifs is 1. The van der Waals surface area contributed by atoms with Gasteiger partial charge in [-0.3, -0.25) is 4.79 Å². The van der Waals surface area contributed by atoms with Crippen LogP contribution in [0, 0.1) is 0 Å². The monoisotopic (exact) mass is 260 g/mol. The molecular formula is C11H11F3N2O2. The molecule has 2 rings (SSSR count). The summed E-state index contributed by atoms with van der Waals surface area (Å²) in [4.78, 5) is 15.4. The molecule has 0 fully saturated rings. The average molecular weight is 260 g/mol. The predicted molar refractivity (Wildman–Crippen MR) is 58.8 cm³/mol. The minimum Gasteiger partial charge on any atom is -0.468 e. The first-order chi connectivity index (χ1) is 8.49. The zero-order valence-electron chi connectivity index (χ0n) is 9.49. The zero-order chi connectivity index (χ0) is 13.6. The normalized spacial score (nSPS) is 10.7. The number of H-pyrrole nitrogens is 1. The molecule has 2 aromatic heterocycles. The van der Waals surface area contributed by atoms with Crippen molar-refractivity contribution in [3.63, 3.8) is 0 Å². The van der Waals surface area contributed by atoms with Crippen molar-refractivity contribution >= 4 is 17.5 Å². The summed E-state index contributed by atoms with van der Waals surface area (Å²) in [5, 5.41) is 0. The minimum absolute atomic E-state index is 0.329. The van der Waals surface area contributed by atoms with Gasteiger partial charge >= 0.3 is 6.18 Å². The van der Waals surface area contributed by atoms with Crippen molar-refractivity contribution in [2.75, 3.05) is 6.61 Å². The number of ether oxygens (including phenoxy) is 1. The predicted octanol–water partition coefficient (Wildman–Crippen LogP) is 2.76. The van der Waals surface area contributed by atoms with E-state index in [1.54, 1.807) is 13.1 Å². The Morgan fingerprint density at radius 1 is 1.39 bits per heavy atom. The Kier molecular flexibility index (Phi) is 4.70. The van der Waals surface area contributed by atoms with E-state index in [2.05, 4.69) is 14.7 Å². The Labute approximate surface area is 101 Å². The number of alkyl halides is 3. The first-order valence-electron chi connectivity index (χ1n) is 5.05. The number of aromatic amines is 1. The Hall–Kier alpha value is -2.05. The van der Waals surface area contributed by atoms with Crippen LogP contribution in [0.1, 0.15) is 12.6 Å². The van der Waals surface area contributed by atoms with Crippen molar-refractivity contribution in [3.05, 3.63) is 30.1 Å². The molecule has 0 aromatic carbocycles. The average Bonchev–Trinajstić information content (AvgIpc) is 2.76. The lowest BCUT2D eigenvalue weighted by Gasteiger charge is -2.04.